The summed E-state index contributed by atoms with van der Waals surface area (Å²) in [5.41, 5.74) is 6.78. The topological polar surface area (TPSA) is 97.6 Å². The summed E-state index contributed by atoms with van der Waals surface area (Å²) in [4.78, 5) is 29.0. The first kappa shape index (κ1) is 20.0. The average Bonchev–Trinajstić information content (AvgIpc) is 3.23. The van der Waals surface area contributed by atoms with Gasteiger partial charge in [0.25, 0.3) is 11.8 Å². The largest absolute Gasteiger partial charge is 0.478 e. The van der Waals surface area contributed by atoms with E-state index in [9.17, 15) is 14.0 Å². The molecule has 0 saturated heterocycles. The smallest absolute Gasteiger partial charge is 0.279 e. The zero-order valence-electron chi connectivity index (χ0n) is 16.4. The Morgan fingerprint density at radius 1 is 1.03 bits per heavy atom. The van der Waals surface area contributed by atoms with Crippen LogP contribution in [0.3, 0.4) is 0 Å². The van der Waals surface area contributed by atoms with Crippen molar-refractivity contribution in [3.8, 4) is 17.0 Å². The fourth-order valence-electron chi connectivity index (χ4n) is 2.95. The van der Waals surface area contributed by atoms with Crippen molar-refractivity contribution in [2.24, 2.45) is 0 Å². The van der Waals surface area contributed by atoms with Crippen molar-refractivity contribution in [2.45, 2.75) is 13.0 Å². The first-order valence-corrected chi connectivity index (χ1v) is 9.44. The van der Waals surface area contributed by atoms with E-state index in [4.69, 9.17) is 4.74 Å². The van der Waals surface area contributed by atoms with E-state index in [1.165, 1.54) is 31.3 Å². The molecular weight excluding hydrogens is 401 g/mol. The van der Waals surface area contributed by atoms with Crippen molar-refractivity contribution in [1.82, 2.24) is 25.4 Å². The van der Waals surface area contributed by atoms with Crippen LogP contribution >= 0.6 is 0 Å². The Balaban J connectivity index is 1.45. The number of hydrazine groups is 1. The Morgan fingerprint density at radius 2 is 1.77 bits per heavy atom. The van der Waals surface area contributed by atoms with E-state index in [0.717, 1.165) is 11.3 Å². The molecule has 4 rings (SSSR count). The normalized spacial score (nSPS) is 11.7. The number of nitrogens with one attached hydrogen (secondary N) is 2. The second kappa shape index (κ2) is 8.62. The minimum Gasteiger partial charge on any atom is -0.478 e. The lowest BCUT2D eigenvalue weighted by Gasteiger charge is -2.15. The van der Waals surface area contributed by atoms with Gasteiger partial charge in [-0.05, 0) is 25.1 Å². The molecule has 0 radical (unpaired) electrons. The SMILES string of the molecule is CC(Oc1ccccc1F)C(=O)NNC(=O)c1cnn2c(-c3ccccc3)ccnc12. The standard InChI is InChI=1S/C22H18FN5O3/c1-14(31-19-10-6-5-9-17(19)23)21(29)26-27-22(30)16-13-25-28-18(11-12-24-20(16)28)15-7-3-2-4-8-15/h2-14H,1H3,(H,26,29)(H,27,30). The third-order valence-corrected chi connectivity index (χ3v) is 4.52. The van der Waals surface area contributed by atoms with Crippen molar-refractivity contribution in [1.29, 1.82) is 0 Å². The van der Waals surface area contributed by atoms with E-state index in [0.29, 0.717) is 5.65 Å². The molecule has 0 spiro atoms. The van der Waals surface area contributed by atoms with Gasteiger partial charge in [-0.3, -0.25) is 20.4 Å². The molecule has 2 heterocycles. The van der Waals surface area contributed by atoms with Gasteiger partial charge in [-0.25, -0.2) is 13.9 Å². The van der Waals surface area contributed by atoms with Crippen LogP contribution in [0.2, 0.25) is 0 Å². The number of halogens is 1. The fraction of sp³-hybridized carbons (Fsp3) is 0.0909. The molecule has 156 valence electrons. The molecule has 1 atom stereocenters. The number of carbonyl (C=O) groups is 2. The van der Waals surface area contributed by atoms with Crippen molar-refractivity contribution in [3.05, 3.63) is 84.4 Å². The molecule has 1 unspecified atom stereocenters. The summed E-state index contributed by atoms with van der Waals surface area (Å²) in [6.45, 7) is 1.44. The Bertz CT molecular complexity index is 1240. The number of hydrogen-bond acceptors (Lipinski definition) is 5. The Morgan fingerprint density at radius 3 is 2.55 bits per heavy atom. The average molecular weight is 419 g/mol. The van der Waals surface area contributed by atoms with Gasteiger partial charge in [0.2, 0.25) is 0 Å². The molecule has 4 aromatic rings. The maximum Gasteiger partial charge on any atom is 0.279 e. The molecular formula is C22H18FN5O3. The van der Waals surface area contributed by atoms with Gasteiger partial charge in [0.1, 0.15) is 5.56 Å². The number of fused-ring (bicyclic) bond motifs is 1. The van der Waals surface area contributed by atoms with Gasteiger partial charge in [0.05, 0.1) is 11.9 Å². The minimum absolute atomic E-state index is 0.0586. The summed E-state index contributed by atoms with van der Waals surface area (Å²) in [6.07, 6.45) is 1.91. The molecule has 2 aromatic carbocycles. The number of benzene rings is 2. The van der Waals surface area contributed by atoms with Gasteiger partial charge in [0.15, 0.2) is 23.3 Å². The fourth-order valence-corrected chi connectivity index (χ4v) is 2.95. The molecule has 8 nitrogen and oxygen atoms in total. The highest BCUT2D eigenvalue weighted by atomic mass is 19.1. The summed E-state index contributed by atoms with van der Waals surface area (Å²) < 4.78 is 20.5. The highest BCUT2D eigenvalue weighted by Crippen LogP contribution is 2.20. The molecule has 0 aliphatic heterocycles. The molecule has 31 heavy (non-hydrogen) atoms. The van der Waals surface area contributed by atoms with E-state index in [-0.39, 0.29) is 11.3 Å². The number of amides is 2. The van der Waals surface area contributed by atoms with Crippen LogP contribution in [0.25, 0.3) is 16.9 Å². The zero-order chi connectivity index (χ0) is 21.8. The van der Waals surface area contributed by atoms with Gasteiger partial charge in [-0.15, -0.1) is 0 Å². The van der Waals surface area contributed by atoms with E-state index >= 15 is 0 Å². The third kappa shape index (κ3) is 4.20. The predicted octanol–water partition coefficient (Wildman–Crippen LogP) is 2.76. The van der Waals surface area contributed by atoms with Crippen LogP contribution in [-0.2, 0) is 4.79 Å². The molecule has 0 aliphatic carbocycles. The van der Waals surface area contributed by atoms with Gasteiger partial charge >= 0.3 is 0 Å². The maximum atomic E-state index is 13.7. The lowest BCUT2D eigenvalue weighted by atomic mass is 10.1. The predicted molar refractivity (Wildman–Crippen MR) is 111 cm³/mol. The van der Waals surface area contributed by atoms with Crippen LogP contribution < -0.4 is 15.6 Å². The molecule has 9 heteroatoms. The van der Waals surface area contributed by atoms with Gasteiger partial charge in [0, 0.05) is 11.8 Å². The van der Waals surface area contributed by atoms with Crippen LogP contribution in [0.1, 0.15) is 17.3 Å². The van der Waals surface area contributed by atoms with Crippen LogP contribution in [0.5, 0.6) is 5.75 Å². The van der Waals surface area contributed by atoms with Gasteiger partial charge in [-0.1, -0.05) is 42.5 Å². The van der Waals surface area contributed by atoms with Crippen LogP contribution in [0, 0.1) is 5.82 Å². The first-order valence-electron chi connectivity index (χ1n) is 9.44. The summed E-state index contributed by atoms with van der Waals surface area (Å²) >= 11 is 0. The number of carbonyl (C=O) groups excluding carboxylic acids is 2. The summed E-state index contributed by atoms with van der Waals surface area (Å²) in [5.74, 6) is -1.89. The van der Waals surface area contributed by atoms with Crippen molar-refractivity contribution >= 4 is 17.5 Å². The van der Waals surface area contributed by atoms with Crippen molar-refractivity contribution in [2.75, 3.05) is 0 Å². The first-order chi connectivity index (χ1) is 15.0. The number of rotatable bonds is 5. The molecule has 0 fully saturated rings. The van der Waals surface area contributed by atoms with E-state index < -0.39 is 23.7 Å². The zero-order valence-corrected chi connectivity index (χ0v) is 16.4. The van der Waals surface area contributed by atoms with Crippen LogP contribution in [-0.4, -0.2) is 32.5 Å². The van der Waals surface area contributed by atoms with E-state index in [1.54, 1.807) is 22.8 Å². The van der Waals surface area contributed by atoms with Crippen molar-refractivity contribution in [3.63, 3.8) is 0 Å². The summed E-state index contributed by atoms with van der Waals surface area (Å²) in [6, 6.07) is 17.1. The molecule has 2 aromatic heterocycles. The second-order valence-electron chi connectivity index (χ2n) is 6.62. The Kier molecular flexibility index (Phi) is 5.57. The lowest BCUT2D eigenvalue weighted by molar-refractivity contribution is -0.128. The summed E-state index contributed by atoms with van der Waals surface area (Å²) in [7, 11) is 0. The monoisotopic (exact) mass is 419 g/mol. The lowest BCUT2D eigenvalue weighted by Crippen LogP contribution is -2.47. The van der Waals surface area contributed by atoms with Crippen LogP contribution in [0.15, 0.2) is 73.1 Å². The molecule has 0 aliphatic rings. The Hall–Kier alpha value is -4.27. The number of hydrogen-bond donors (Lipinski definition) is 2. The van der Waals surface area contributed by atoms with E-state index in [2.05, 4.69) is 20.9 Å². The molecule has 0 saturated carbocycles. The van der Waals surface area contributed by atoms with Crippen molar-refractivity contribution < 1.29 is 18.7 Å². The third-order valence-electron chi connectivity index (χ3n) is 4.52. The number of aromatic nitrogens is 3. The molecule has 2 N–H and O–H groups in total. The van der Waals surface area contributed by atoms with E-state index in [1.807, 2.05) is 30.3 Å². The molecule has 0 bridgehead atoms. The molecule has 2 amide bonds. The van der Waals surface area contributed by atoms with Crippen LogP contribution in [0.4, 0.5) is 4.39 Å². The number of ether oxygens (including phenoxy) is 1. The number of nitrogens with zero attached hydrogens (tertiary/aromatic N) is 3. The maximum absolute atomic E-state index is 13.7. The minimum atomic E-state index is -1.04. The highest BCUT2D eigenvalue weighted by molar-refractivity contribution is 6.00. The number of para-hydroxylation sites is 1. The quantitative estimate of drug-likeness (QED) is 0.485. The summed E-state index contributed by atoms with van der Waals surface area (Å²) in [5, 5.41) is 4.26. The van der Waals surface area contributed by atoms with Gasteiger partial charge in [-0.2, -0.15) is 5.10 Å². The Labute approximate surface area is 176 Å². The second-order valence-corrected chi connectivity index (χ2v) is 6.62. The highest BCUT2D eigenvalue weighted by Gasteiger charge is 2.20. The van der Waals surface area contributed by atoms with Gasteiger partial charge < -0.3 is 4.74 Å².